The molecule has 6 heteroatoms. The van der Waals surface area contributed by atoms with E-state index >= 15 is 0 Å². The van der Waals surface area contributed by atoms with Crippen molar-refractivity contribution >= 4 is 10.2 Å². The normalized spacial score (nSPS) is 12.8. The molecule has 0 bridgehead atoms. The lowest BCUT2D eigenvalue weighted by Gasteiger charge is -2.16. The van der Waals surface area contributed by atoms with Gasteiger partial charge in [-0.2, -0.15) is 13.1 Å². The predicted octanol–water partition coefficient (Wildman–Crippen LogP) is 1.14. The Labute approximate surface area is 127 Å². The van der Waals surface area contributed by atoms with Crippen LogP contribution >= 0.6 is 0 Å². The summed E-state index contributed by atoms with van der Waals surface area (Å²) < 4.78 is 28.9. The summed E-state index contributed by atoms with van der Waals surface area (Å²) in [4.78, 5) is 0. The fourth-order valence-electron chi connectivity index (χ4n) is 1.66. The van der Waals surface area contributed by atoms with Crippen LogP contribution < -0.4 is 15.2 Å². The maximum absolute atomic E-state index is 11.9. The predicted molar refractivity (Wildman–Crippen MR) is 85.7 cm³/mol. The largest absolute Gasteiger partial charge is 0.320 e. The quantitative estimate of drug-likeness (QED) is 0.689. The Hall–Kier alpha value is -1.39. The zero-order valence-electron chi connectivity index (χ0n) is 12.7. The van der Waals surface area contributed by atoms with Crippen LogP contribution in [0.3, 0.4) is 0 Å². The summed E-state index contributed by atoms with van der Waals surface area (Å²) in [7, 11) is -3.51. The van der Waals surface area contributed by atoms with Crippen molar-refractivity contribution in [1.82, 2.24) is 9.44 Å². The van der Waals surface area contributed by atoms with Crippen molar-refractivity contribution in [2.45, 2.75) is 26.8 Å². The van der Waals surface area contributed by atoms with Gasteiger partial charge in [-0.1, -0.05) is 37.8 Å². The Balaban J connectivity index is 2.77. The summed E-state index contributed by atoms with van der Waals surface area (Å²) in [6, 6.07) is 7.10. The van der Waals surface area contributed by atoms with Crippen LogP contribution in [-0.2, 0) is 10.2 Å². The SMILES string of the molecule is CC(C)CNS(=O)(=O)NC(C)c1cccc(C#CCN)c1. The summed E-state index contributed by atoms with van der Waals surface area (Å²) in [6.45, 7) is 6.40. The van der Waals surface area contributed by atoms with Crippen LogP contribution in [-0.4, -0.2) is 21.5 Å². The Bertz CT molecular complexity index is 615. The van der Waals surface area contributed by atoms with E-state index < -0.39 is 10.2 Å². The third kappa shape index (κ3) is 6.74. The molecule has 0 saturated carbocycles. The summed E-state index contributed by atoms with van der Waals surface area (Å²) >= 11 is 0. The van der Waals surface area contributed by atoms with Gasteiger partial charge >= 0.3 is 0 Å². The van der Waals surface area contributed by atoms with E-state index in [1.165, 1.54) is 0 Å². The van der Waals surface area contributed by atoms with Crippen LogP contribution in [0.2, 0.25) is 0 Å². The van der Waals surface area contributed by atoms with Gasteiger partial charge in [0.05, 0.1) is 6.54 Å². The third-order valence-corrected chi connectivity index (χ3v) is 3.95. The molecule has 5 nitrogen and oxygen atoms in total. The van der Waals surface area contributed by atoms with E-state index in [4.69, 9.17) is 5.73 Å². The number of nitrogens with one attached hydrogen (secondary N) is 2. The molecule has 1 rings (SSSR count). The van der Waals surface area contributed by atoms with Crippen LogP contribution in [0, 0.1) is 17.8 Å². The van der Waals surface area contributed by atoms with E-state index in [0.29, 0.717) is 13.1 Å². The van der Waals surface area contributed by atoms with Crippen LogP contribution in [0.25, 0.3) is 0 Å². The smallest absolute Gasteiger partial charge is 0.277 e. The lowest BCUT2D eigenvalue weighted by Crippen LogP contribution is -2.39. The van der Waals surface area contributed by atoms with Gasteiger partial charge in [0.2, 0.25) is 0 Å². The van der Waals surface area contributed by atoms with Crippen molar-refractivity contribution in [1.29, 1.82) is 0 Å². The number of rotatable bonds is 6. The molecular weight excluding hydrogens is 286 g/mol. The molecule has 21 heavy (non-hydrogen) atoms. The Kier molecular flexibility index (Phi) is 6.85. The topological polar surface area (TPSA) is 84.2 Å². The average molecular weight is 309 g/mol. The molecule has 0 aliphatic carbocycles. The molecule has 1 aromatic rings. The molecule has 0 fully saturated rings. The summed E-state index contributed by atoms with van der Waals surface area (Å²) in [5.74, 6) is 5.97. The van der Waals surface area contributed by atoms with Gasteiger partial charge in [0.15, 0.2) is 0 Å². The first kappa shape index (κ1) is 17.7. The zero-order chi connectivity index (χ0) is 15.9. The van der Waals surface area contributed by atoms with E-state index in [2.05, 4.69) is 21.3 Å². The number of benzene rings is 1. The monoisotopic (exact) mass is 309 g/mol. The zero-order valence-corrected chi connectivity index (χ0v) is 13.5. The van der Waals surface area contributed by atoms with Gasteiger partial charge in [-0.15, -0.1) is 0 Å². The van der Waals surface area contributed by atoms with Crippen molar-refractivity contribution in [3.63, 3.8) is 0 Å². The lowest BCUT2D eigenvalue weighted by atomic mass is 10.1. The summed E-state index contributed by atoms with van der Waals surface area (Å²) in [5, 5.41) is 0. The second-order valence-corrected chi connectivity index (χ2v) is 6.75. The number of nitrogens with two attached hydrogens (primary N) is 1. The van der Waals surface area contributed by atoms with Crippen LogP contribution in [0.4, 0.5) is 0 Å². The molecule has 1 unspecified atom stereocenters. The molecule has 1 atom stereocenters. The molecule has 0 spiro atoms. The highest BCUT2D eigenvalue weighted by Gasteiger charge is 2.15. The maximum Gasteiger partial charge on any atom is 0.277 e. The van der Waals surface area contributed by atoms with Crippen molar-refractivity contribution in [3.05, 3.63) is 35.4 Å². The molecule has 0 saturated heterocycles. The van der Waals surface area contributed by atoms with Crippen molar-refractivity contribution in [2.75, 3.05) is 13.1 Å². The summed E-state index contributed by atoms with van der Waals surface area (Å²) in [5.41, 5.74) is 7.02. The van der Waals surface area contributed by atoms with Crippen molar-refractivity contribution in [2.24, 2.45) is 11.7 Å². The molecule has 116 valence electrons. The minimum Gasteiger partial charge on any atom is -0.320 e. The second kappa shape index (κ2) is 8.15. The average Bonchev–Trinajstić information content (AvgIpc) is 2.43. The van der Waals surface area contributed by atoms with Gasteiger partial charge in [-0.05, 0) is 30.5 Å². The van der Waals surface area contributed by atoms with E-state index in [1.807, 2.05) is 38.1 Å². The highest BCUT2D eigenvalue weighted by molar-refractivity contribution is 7.87. The minimum atomic E-state index is -3.51. The highest BCUT2D eigenvalue weighted by Crippen LogP contribution is 2.14. The Morgan fingerprint density at radius 1 is 1.29 bits per heavy atom. The molecule has 0 aliphatic heterocycles. The number of hydrogen-bond acceptors (Lipinski definition) is 3. The van der Waals surface area contributed by atoms with Crippen LogP contribution in [0.1, 0.15) is 37.9 Å². The first-order chi connectivity index (χ1) is 9.84. The maximum atomic E-state index is 11.9. The second-order valence-electron chi connectivity index (χ2n) is 5.22. The van der Waals surface area contributed by atoms with Crippen LogP contribution in [0.15, 0.2) is 24.3 Å². The minimum absolute atomic E-state index is 0.256. The highest BCUT2D eigenvalue weighted by atomic mass is 32.2. The molecule has 1 aromatic carbocycles. The fraction of sp³-hybridized carbons (Fsp3) is 0.467. The summed E-state index contributed by atoms with van der Waals surface area (Å²) in [6.07, 6.45) is 0. The molecule has 0 radical (unpaired) electrons. The van der Waals surface area contributed by atoms with E-state index in [0.717, 1.165) is 11.1 Å². The van der Waals surface area contributed by atoms with Gasteiger partial charge in [-0.3, -0.25) is 0 Å². The van der Waals surface area contributed by atoms with Gasteiger partial charge in [0, 0.05) is 18.2 Å². The van der Waals surface area contributed by atoms with Gasteiger partial charge in [0.1, 0.15) is 0 Å². The molecule has 4 N–H and O–H groups in total. The molecule has 0 aromatic heterocycles. The van der Waals surface area contributed by atoms with E-state index in [1.54, 1.807) is 6.92 Å². The van der Waals surface area contributed by atoms with E-state index in [9.17, 15) is 8.42 Å². The molecule has 0 amide bonds. The van der Waals surface area contributed by atoms with Crippen molar-refractivity contribution < 1.29 is 8.42 Å². The molecule has 0 aliphatic rings. The first-order valence-corrected chi connectivity index (χ1v) is 8.38. The lowest BCUT2D eigenvalue weighted by molar-refractivity contribution is 0.536. The third-order valence-electron chi connectivity index (χ3n) is 2.73. The molecule has 0 heterocycles. The molecular formula is C15H23N3O2S. The van der Waals surface area contributed by atoms with E-state index in [-0.39, 0.29) is 12.0 Å². The number of hydrogen-bond donors (Lipinski definition) is 3. The Morgan fingerprint density at radius 3 is 2.62 bits per heavy atom. The van der Waals surface area contributed by atoms with Crippen LogP contribution in [0.5, 0.6) is 0 Å². The van der Waals surface area contributed by atoms with Gasteiger partial charge in [0.25, 0.3) is 10.2 Å². The van der Waals surface area contributed by atoms with Gasteiger partial charge < -0.3 is 5.73 Å². The fourth-order valence-corrected chi connectivity index (χ4v) is 2.90. The van der Waals surface area contributed by atoms with Gasteiger partial charge in [-0.25, -0.2) is 4.72 Å². The standard InChI is InChI=1S/C15H23N3O2S/c1-12(2)11-17-21(19,20)18-13(3)15-8-4-6-14(10-15)7-5-9-16/h4,6,8,10,12-13,17-18H,9,11,16H2,1-3H3. The van der Waals surface area contributed by atoms with Crippen molar-refractivity contribution in [3.8, 4) is 11.8 Å². The first-order valence-electron chi connectivity index (χ1n) is 6.90. The Morgan fingerprint density at radius 2 is 2.00 bits per heavy atom.